The maximum atomic E-state index is 12.5. The highest BCUT2D eigenvalue weighted by molar-refractivity contribution is 5.00. The average molecular weight is 228 g/mol. The minimum absolute atomic E-state index is 0.00660. The molecule has 0 saturated heterocycles. The van der Waals surface area contributed by atoms with E-state index < -0.39 is 23.6 Å². The van der Waals surface area contributed by atoms with E-state index in [-0.39, 0.29) is 13.8 Å². The van der Waals surface area contributed by atoms with E-state index in [1.165, 1.54) is 0 Å². The largest absolute Gasteiger partial charge is 0.423 e. The molecule has 14 heavy (non-hydrogen) atoms. The summed E-state index contributed by atoms with van der Waals surface area (Å²) in [5.41, 5.74) is -3.89. The maximum Gasteiger partial charge on any atom is 0.423 e. The Bertz CT molecular complexity index is 187. The van der Waals surface area contributed by atoms with Crippen molar-refractivity contribution in [3.8, 4) is 0 Å². The van der Waals surface area contributed by atoms with Gasteiger partial charge in [-0.3, -0.25) is 0 Å². The molecule has 8 heteroatoms. The van der Waals surface area contributed by atoms with Crippen LogP contribution >= 0.6 is 0 Å². The highest BCUT2D eigenvalue weighted by atomic mass is 19.4. The fraction of sp³-hybridized carbons (Fsp3) is 1.00. The molecule has 86 valence electrons. The summed E-state index contributed by atoms with van der Waals surface area (Å²) < 4.78 is 85.2. The number of aliphatic hydroxyl groups is 1. The second kappa shape index (κ2) is 2.98. The predicted octanol–water partition coefficient (Wildman–Crippen LogP) is 2.59. The Kier molecular flexibility index (Phi) is 2.87. The molecular formula is C6H7F7O. The quantitative estimate of drug-likeness (QED) is 0.736. The van der Waals surface area contributed by atoms with Crippen molar-refractivity contribution in [1.82, 2.24) is 0 Å². The first-order valence-corrected chi connectivity index (χ1v) is 3.30. The molecular weight excluding hydrogens is 221 g/mol. The van der Waals surface area contributed by atoms with Gasteiger partial charge < -0.3 is 5.11 Å². The number of rotatable bonds is 3. The summed E-state index contributed by atoms with van der Waals surface area (Å²) >= 11 is 0. The van der Waals surface area contributed by atoms with E-state index >= 15 is 0 Å². The van der Waals surface area contributed by atoms with Crippen molar-refractivity contribution in [3.05, 3.63) is 0 Å². The lowest BCUT2D eigenvalue weighted by molar-refractivity contribution is -0.401. The van der Waals surface area contributed by atoms with E-state index in [2.05, 4.69) is 0 Å². The topological polar surface area (TPSA) is 20.2 Å². The fourth-order valence-corrected chi connectivity index (χ4v) is 0.562. The summed E-state index contributed by atoms with van der Waals surface area (Å²) in [6.07, 6.45) is -5.99. The molecule has 1 N–H and O–H groups in total. The van der Waals surface area contributed by atoms with Gasteiger partial charge in [-0.2, -0.15) is 26.3 Å². The van der Waals surface area contributed by atoms with Crippen LogP contribution in [-0.2, 0) is 0 Å². The Labute approximate surface area is 74.5 Å². The van der Waals surface area contributed by atoms with Gasteiger partial charge in [0.15, 0.2) is 5.67 Å². The molecule has 0 amide bonds. The summed E-state index contributed by atoms with van der Waals surface area (Å²) in [6, 6.07) is 0. The van der Waals surface area contributed by atoms with Crippen LogP contribution in [0.2, 0.25) is 0 Å². The van der Waals surface area contributed by atoms with Crippen molar-refractivity contribution in [3.63, 3.8) is 0 Å². The predicted molar refractivity (Wildman–Crippen MR) is 32.2 cm³/mol. The van der Waals surface area contributed by atoms with Gasteiger partial charge in [-0.1, -0.05) is 0 Å². The molecule has 0 heterocycles. The third-order valence-corrected chi connectivity index (χ3v) is 1.52. The first-order chi connectivity index (χ1) is 5.75. The van der Waals surface area contributed by atoms with E-state index in [0.717, 1.165) is 0 Å². The molecule has 0 radical (unpaired) electrons. The molecule has 0 aromatic rings. The van der Waals surface area contributed by atoms with Gasteiger partial charge in [0, 0.05) is 0 Å². The minimum Gasteiger partial charge on any atom is -0.331 e. The Morgan fingerprint density at radius 1 is 0.714 bits per heavy atom. The maximum absolute atomic E-state index is 12.5. The van der Waals surface area contributed by atoms with E-state index in [0.29, 0.717) is 0 Å². The zero-order chi connectivity index (χ0) is 12.0. The van der Waals surface area contributed by atoms with Gasteiger partial charge in [-0.25, -0.2) is 4.39 Å². The molecule has 0 fully saturated rings. The van der Waals surface area contributed by atoms with Crippen LogP contribution in [0.5, 0.6) is 0 Å². The zero-order valence-corrected chi connectivity index (χ0v) is 7.09. The standard InChI is InChI=1S/C6H7F7O/c1-3(2,7)4(8,9)5(10,11)6(12,13)14/h14H,1-2H3. The first-order valence-electron chi connectivity index (χ1n) is 3.30. The van der Waals surface area contributed by atoms with Crippen LogP contribution < -0.4 is 0 Å². The lowest BCUT2D eigenvalue weighted by Gasteiger charge is -2.34. The van der Waals surface area contributed by atoms with Gasteiger partial charge in [0.1, 0.15) is 0 Å². The average Bonchev–Trinajstić information content (AvgIpc) is 1.81. The zero-order valence-electron chi connectivity index (χ0n) is 7.09. The van der Waals surface area contributed by atoms with E-state index in [1.807, 2.05) is 0 Å². The van der Waals surface area contributed by atoms with Crippen LogP contribution in [0.15, 0.2) is 0 Å². The van der Waals surface area contributed by atoms with Gasteiger partial charge in [0.05, 0.1) is 0 Å². The summed E-state index contributed by atoms with van der Waals surface area (Å²) in [5, 5.41) is 7.51. The van der Waals surface area contributed by atoms with Crippen molar-refractivity contribution in [1.29, 1.82) is 0 Å². The Balaban J connectivity index is 5.30. The van der Waals surface area contributed by atoms with Crippen LogP contribution in [0.25, 0.3) is 0 Å². The lowest BCUT2D eigenvalue weighted by Crippen LogP contribution is -2.61. The third kappa shape index (κ3) is 1.79. The number of hydrogen-bond acceptors (Lipinski definition) is 1. The molecule has 0 rings (SSSR count). The van der Waals surface area contributed by atoms with Crippen LogP contribution in [0.4, 0.5) is 30.7 Å². The van der Waals surface area contributed by atoms with Crippen LogP contribution in [0.3, 0.4) is 0 Å². The molecule has 0 spiro atoms. The van der Waals surface area contributed by atoms with E-state index in [4.69, 9.17) is 5.11 Å². The van der Waals surface area contributed by atoms with Gasteiger partial charge in [-0.15, -0.1) is 0 Å². The molecule has 0 aliphatic rings. The molecule has 0 unspecified atom stereocenters. The molecule has 0 aromatic carbocycles. The van der Waals surface area contributed by atoms with Crippen LogP contribution in [0, 0.1) is 0 Å². The highest BCUT2D eigenvalue weighted by Gasteiger charge is 2.77. The first kappa shape index (κ1) is 13.5. The number of hydrogen-bond donors (Lipinski definition) is 1. The summed E-state index contributed by atoms with van der Waals surface area (Å²) in [4.78, 5) is 0. The summed E-state index contributed by atoms with van der Waals surface area (Å²) in [6.45, 7) is 0.0132. The Hall–Kier alpha value is -0.530. The number of halogens is 7. The van der Waals surface area contributed by atoms with Crippen molar-refractivity contribution >= 4 is 0 Å². The summed E-state index contributed by atoms with van der Waals surface area (Å²) in [5.74, 6) is -11.9. The van der Waals surface area contributed by atoms with Gasteiger partial charge in [0.25, 0.3) is 0 Å². The van der Waals surface area contributed by atoms with E-state index in [9.17, 15) is 30.7 Å². The lowest BCUT2D eigenvalue weighted by atomic mass is 9.96. The van der Waals surface area contributed by atoms with Gasteiger partial charge >= 0.3 is 18.0 Å². The molecule has 0 saturated carbocycles. The van der Waals surface area contributed by atoms with Crippen molar-refractivity contribution < 1.29 is 35.8 Å². The van der Waals surface area contributed by atoms with Gasteiger partial charge in [-0.05, 0) is 13.8 Å². The van der Waals surface area contributed by atoms with Crippen molar-refractivity contribution in [2.24, 2.45) is 0 Å². The Morgan fingerprint density at radius 2 is 1.00 bits per heavy atom. The molecule has 0 aliphatic heterocycles. The third-order valence-electron chi connectivity index (χ3n) is 1.52. The van der Waals surface area contributed by atoms with Crippen molar-refractivity contribution in [2.45, 2.75) is 37.5 Å². The Morgan fingerprint density at radius 3 is 1.07 bits per heavy atom. The second-order valence-electron chi connectivity index (χ2n) is 3.16. The van der Waals surface area contributed by atoms with Crippen LogP contribution in [-0.4, -0.2) is 28.7 Å². The normalized spacial score (nSPS) is 15.9. The van der Waals surface area contributed by atoms with E-state index in [1.54, 1.807) is 0 Å². The van der Waals surface area contributed by atoms with Gasteiger partial charge in [0.2, 0.25) is 0 Å². The fourth-order valence-electron chi connectivity index (χ4n) is 0.562. The second-order valence-corrected chi connectivity index (χ2v) is 3.16. The molecule has 0 bridgehead atoms. The number of alkyl halides is 7. The molecule has 0 aromatic heterocycles. The van der Waals surface area contributed by atoms with Crippen molar-refractivity contribution in [2.75, 3.05) is 0 Å². The minimum atomic E-state index is -6.17. The molecule has 1 nitrogen and oxygen atoms in total. The monoisotopic (exact) mass is 228 g/mol. The molecule has 0 aliphatic carbocycles. The van der Waals surface area contributed by atoms with Crippen LogP contribution in [0.1, 0.15) is 13.8 Å². The molecule has 0 atom stereocenters. The SMILES string of the molecule is CC(C)(F)C(F)(F)C(F)(F)C(O)(F)F. The highest BCUT2D eigenvalue weighted by Crippen LogP contribution is 2.50. The smallest absolute Gasteiger partial charge is 0.331 e. The summed E-state index contributed by atoms with van der Waals surface area (Å²) in [7, 11) is 0.